The number of nitrogens with two attached hydrogens (primary N) is 1. The van der Waals surface area contributed by atoms with Gasteiger partial charge in [0.1, 0.15) is 5.52 Å². The lowest BCUT2D eigenvalue weighted by atomic mass is 10.2. The maximum absolute atomic E-state index is 12.8. The van der Waals surface area contributed by atoms with Gasteiger partial charge in [-0.15, -0.1) is 0 Å². The summed E-state index contributed by atoms with van der Waals surface area (Å²) in [4.78, 5) is 46.4. The number of imidazole rings is 1. The molecule has 16 heteroatoms. The smallest absolute Gasteiger partial charge is 0.303 e. The van der Waals surface area contributed by atoms with Crippen molar-refractivity contribution in [2.24, 2.45) is 0 Å². The number of carbonyl (C=O) groups is 3. The van der Waals surface area contributed by atoms with Crippen molar-refractivity contribution in [3.05, 3.63) is 11.5 Å². The highest BCUT2D eigenvalue weighted by molar-refractivity contribution is 7.91. The molecule has 1 fully saturated rings. The van der Waals surface area contributed by atoms with E-state index < -0.39 is 57.6 Å². The Balaban J connectivity index is 2.11. The van der Waals surface area contributed by atoms with Gasteiger partial charge in [-0.05, 0) is 0 Å². The first kappa shape index (κ1) is 23.6. The van der Waals surface area contributed by atoms with Crippen LogP contribution in [0.3, 0.4) is 0 Å². The van der Waals surface area contributed by atoms with Gasteiger partial charge in [-0.1, -0.05) is 11.6 Å². The zero-order valence-electron chi connectivity index (χ0n) is 16.9. The summed E-state index contributed by atoms with van der Waals surface area (Å²) in [5.74, 6) is -3.80. The van der Waals surface area contributed by atoms with Crippen LogP contribution in [0.4, 0.5) is 5.95 Å². The van der Waals surface area contributed by atoms with Crippen LogP contribution in [0, 0.1) is 0 Å². The third-order valence-corrected chi connectivity index (χ3v) is 6.00. The summed E-state index contributed by atoms with van der Waals surface area (Å²) < 4.78 is 47.5. The Morgan fingerprint density at radius 2 is 1.75 bits per heavy atom. The van der Waals surface area contributed by atoms with E-state index in [1.807, 2.05) is 0 Å². The van der Waals surface area contributed by atoms with E-state index in [1.165, 1.54) is 10.9 Å². The number of sulfone groups is 1. The van der Waals surface area contributed by atoms with E-state index in [-0.39, 0.29) is 22.3 Å². The Morgan fingerprint density at radius 3 is 2.34 bits per heavy atom. The largest absolute Gasteiger partial charge is 0.454 e. The molecule has 174 valence electrons. The highest BCUT2D eigenvalue weighted by Crippen LogP contribution is 2.38. The number of anilines is 1. The molecule has 2 aromatic rings. The molecule has 1 aliphatic heterocycles. The minimum atomic E-state index is -4.36. The number of carbonyl (C=O) groups excluding carboxylic acids is 3. The number of nitrogen functional groups attached to an aromatic ring is 1. The third kappa shape index (κ3) is 4.73. The summed E-state index contributed by atoms with van der Waals surface area (Å²) in [5.41, 5.74) is 3.94. The van der Waals surface area contributed by atoms with E-state index in [9.17, 15) is 22.8 Å². The van der Waals surface area contributed by atoms with Crippen LogP contribution in [-0.2, 0) is 43.2 Å². The van der Waals surface area contributed by atoms with Gasteiger partial charge < -0.3 is 24.7 Å². The van der Waals surface area contributed by atoms with E-state index in [1.54, 1.807) is 0 Å². The van der Waals surface area contributed by atoms with Crippen molar-refractivity contribution in [3.63, 3.8) is 0 Å². The fourth-order valence-electron chi connectivity index (χ4n) is 3.07. The molecular weight excluding hydrogens is 474 g/mol. The molecule has 0 aromatic carbocycles. The van der Waals surface area contributed by atoms with Crippen molar-refractivity contribution in [1.29, 1.82) is 0 Å². The Morgan fingerprint density at radius 1 is 1.12 bits per heavy atom. The number of hydrogen-bond acceptors (Lipinski definition) is 13. The molecule has 3 rings (SSSR count). The van der Waals surface area contributed by atoms with Crippen molar-refractivity contribution in [2.75, 3.05) is 11.7 Å². The molecule has 2 aromatic heterocycles. The molecule has 0 amide bonds. The molecular formula is C16H18ClN5O9S. The molecule has 1 aliphatic rings. The fraction of sp³-hybridized carbons (Fsp3) is 0.500. The van der Waals surface area contributed by atoms with Crippen LogP contribution < -0.4 is 5.73 Å². The Kier molecular flexibility index (Phi) is 6.52. The maximum atomic E-state index is 12.8. The van der Waals surface area contributed by atoms with Crippen molar-refractivity contribution in [3.8, 4) is 0 Å². The first-order valence-electron chi connectivity index (χ1n) is 8.91. The zero-order chi connectivity index (χ0) is 23.8. The first-order valence-corrected chi connectivity index (χ1v) is 11.0. The normalized spacial score (nSPS) is 23.1. The average molecular weight is 492 g/mol. The van der Waals surface area contributed by atoms with E-state index in [0.717, 1.165) is 20.8 Å². The Bertz CT molecular complexity index is 1180. The molecule has 0 spiro atoms. The zero-order valence-corrected chi connectivity index (χ0v) is 18.5. The molecule has 2 N–H and O–H groups in total. The molecule has 0 aliphatic carbocycles. The van der Waals surface area contributed by atoms with Crippen molar-refractivity contribution >= 4 is 56.5 Å². The molecule has 14 nitrogen and oxygen atoms in total. The monoisotopic (exact) mass is 491 g/mol. The standard InChI is InChI=1S/C16H18ClN5O9S/c1-6(23)28-5-32(26,27)15-11(30-8(3)25)10(29-7(2)24)14(31-15)22-4-19-9-12(17)20-16(18)21-13(9)22/h4,10-11,14-15H,5H2,1-3H3,(H2,18,20,21)/t10-,11-,14-,15-/m1/s1. The summed E-state index contributed by atoms with van der Waals surface area (Å²) in [6.45, 7) is 3.13. The summed E-state index contributed by atoms with van der Waals surface area (Å²) in [7, 11) is -4.36. The van der Waals surface area contributed by atoms with Crippen LogP contribution in [0.5, 0.6) is 0 Å². The number of rotatable bonds is 6. The third-order valence-electron chi connectivity index (χ3n) is 4.20. The van der Waals surface area contributed by atoms with Crippen molar-refractivity contribution in [2.45, 2.75) is 44.6 Å². The van der Waals surface area contributed by atoms with E-state index >= 15 is 0 Å². The van der Waals surface area contributed by atoms with Gasteiger partial charge in [0, 0.05) is 20.8 Å². The molecule has 0 unspecified atom stereocenters. The number of aromatic nitrogens is 4. The number of esters is 3. The number of halogens is 1. The molecule has 0 bridgehead atoms. The lowest BCUT2D eigenvalue weighted by Crippen LogP contribution is -2.42. The van der Waals surface area contributed by atoms with Gasteiger partial charge in [0.25, 0.3) is 0 Å². The fourth-order valence-corrected chi connectivity index (χ4v) is 4.66. The van der Waals surface area contributed by atoms with Gasteiger partial charge in [0.2, 0.25) is 21.2 Å². The number of nitrogens with zero attached hydrogens (tertiary/aromatic N) is 4. The number of fused-ring (bicyclic) bond motifs is 1. The summed E-state index contributed by atoms with van der Waals surface area (Å²) in [5, 5.41) is -0.0798. The molecule has 0 saturated carbocycles. The minimum absolute atomic E-state index is 0.0456. The molecule has 4 atom stereocenters. The second-order valence-electron chi connectivity index (χ2n) is 6.66. The predicted molar refractivity (Wildman–Crippen MR) is 105 cm³/mol. The lowest BCUT2D eigenvalue weighted by Gasteiger charge is -2.23. The number of hydrogen-bond donors (Lipinski definition) is 1. The van der Waals surface area contributed by atoms with Crippen molar-refractivity contribution < 1.29 is 41.7 Å². The van der Waals surface area contributed by atoms with Crippen LogP contribution in [0.1, 0.15) is 27.0 Å². The Labute approximate surface area is 185 Å². The molecule has 0 radical (unpaired) electrons. The van der Waals surface area contributed by atoms with Crippen LogP contribution in [0.15, 0.2) is 6.33 Å². The van der Waals surface area contributed by atoms with E-state index in [2.05, 4.69) is 19.7 Å². The molecule has 1 saturated heterocycles. The molecule has 32 heavy (non-hydrogen) atoms. The summed E-state index contributed by atoms with van der Waals surface area (Å²) >= 11 is 6.03. The van der Waals surface area contributed by atoms with Crippen LogP contribution in [0.2, 0.25) is 5.15 Å². The first-order chi connectivity index (χ1) is 14.9. The van der Waals surface area contributed by atoms with Crippen molar-refractivity contribution in [1.82, 2.24) is 19.5 Å². The second-order valence-corrected chi connectivity index (χ2v) is 9.04. The average Bonchev–Trinajstić information content (AvgIpc) is 3.22. The van der Waals surface area contributed by atoms with Gasteiger partial charge >= 0.3 is 17.9 Å². The summed E-state index contributed by atoms with van der Waals surface area (Å²) in [6, 6.07) is 0. The minimum Gasteiger partial charge on any atom is -0.454 e. The van der Waals surface area contributed by atoms with Gasteiger partial charge in [0.05, 0.1) is 6.33 Å². The quantitative estimate of drug-likeness (QED) is 0.315. The van der Waals surface area contributed by atoms with Gasteiger partial charge in [-0.25, -0.2) is 13.4 Å². The predicted octanol–water partition coefficient (Wildman–Crippen LogP) is -0.284. The highest BCUT2D eigenvalue weighted by Gasteiger charge is 2.56. The van der Waals surface area contributed by atoms with Gasteiger partial charge in [-0.2, -0.15) is 9.97 Å². The lowest BCUT2D eigenvalue weighted by molar-refractivity contribution is -0.165. The van der Waals surface area contributed by atoms with E-state index in [4.69, 9.17) is 31.5 Å². The summed E-state index contributed by atoms with van der Waals surface area (Å²) in [6.07, 6.45) is -3.23. The van der Waals surface area contributed by atoms with Crippen LogP contribution in [0.25, 0.3) is 11.2 Å². The topological polar surface area (TPSA) is 192 Å². The van der Waals surface area contributed by atoms with Crippen LogP contribution >= 0.6 is 11.6 Å². The second kappa shape index (κ2) is 8.84. The van der Waals surface area contributed by atoms with Gasteiger partial charge in [-0.3, -0.25) is 19.0 Å². The molecule has 3 heterocycles. The van der Waals surface area contributed by atoms with Gasteiger partial charge in [0.15, 0.2) is 35.2 Å². The Hall–Kier alpha value is -3.04. The SMILES string of the molecule is CC(=O)OCS(=O)(=O)[C@H]1O[C@@H](n2cnc3c(Cl)nc(N)nc32)[C@H](OC(C)=O)[C@H]1OC(C)=O. The number of ether oxygens (including phenoxy) is 4. The van der Waals surface area contributed by atoms with E-state index in [0.29, 0.717) is 0 Å². The van der Waals surface area contributed by atoms with Crippen LogP contribution in [-0.4, -0.2) is 69.4 Å². The highest BCUT2D eigenvalue weighted by atomic mass is 35.5. The maximum Gasteiger partial charge on any atom is 0.303 e.